The molecule has 0 atom stereocenters. The highest BCUT2D eigenvalue weighted by molar-refractivity contribution is 6.27. The van der Waals surface area contributed by atoms with E-state index >= 15 is 0 Å². The third kappa shape index (κ3) is 7.83. The van der Waals surface area contributed by atoms with Crippen molar-refractivity contribution in [1.82, 2.24) is 5.32 Å². The van der Waals surface area contributed by atoms with E-state index < -0.39 is 11.9 Å². The van der Waals surface area contributed by atoms with Gasteiger partial charge in [-0.3, -0.25) is 4.79 Å². The van der Waals surface area contributed by atoms with E-state index in [1.807, 2.05) is 31.3 Å². The Hall–Kier alpha value is -2.41. The van der Waals surface area contributed by atoms with Crippen molar-refractivity contribution >= 4 is 17.9 Å². The van der Waals surface area contributed by atoms with Gasteiger partial charge in [0.15, 0.2) is 0 Å². The highest BCUT2D eigenvalue weighted by atomic mass is 16.5. The van der Waals surface area contributed by atoms with Crippen LogP contribution in [-0.4, -0.2) is 42.3 Å². The van der Waals surface area contributed by atoms with Gasteiger partial charge in [0.05, 0.1) is 13.5 Å². The summed E-state index contributed by atoms with van der Waals surface area (Å²) in [6.07, 6.45) is 0.341. The number of methoxy groups -OCH3 is 1. The van der Waals surface area contributed by atoms with Gasteiger partial charge in [-0.25, -0.2) is 9.59 Å². The Balaban J connectivity index is 0.000000511. The van der Waals surface area contributed by atoms with Gasteiger partial charge in [-0.05, 0) is 18.2 Å². The molecule has 110 valence electrons. The Morgan fingerprint density at radius 3 is 2.15 bits per heavy atom. The molecule has 0 fully saturated rings. The van der Waals surface area contributed by atoms with Crippen LogP contribution in [0.5, 0.6) is 0 Å². The number of carboxylic acid groups (broad SMARTS) is 2. The molecule has 3 N–H and O–H groups in total. The van der Waals surface area contributed by atoms with E-state index in [2.05, 4.69) is 10.1 Å². The van der Waals surface area contributed by atoms with Gasteiger partial charge in [-0.2, -0.15) is 0 Å². The van der Waals surface area contributed by atoms with E-state index in [-0.39, 0.29) is 5.97 Å². The molecule has 0 aliphatic carbocycles. The maximum Gasteiger partial charge on any atom is 0.414 e. The molecule has 0 aliphatic rings. The first-order valence-electron chi connectivity index (χ1n) is 5.66. The zero-order valence-corrected chi connectivity index (χ0v) is 11.3. The monoisotopic (exact) mass is 283 g/mol. The van der Waals surface area contributed by atoms with Gasteiger partial charge in [0, 0.05) is 6.54 Å². The number of hydrogen-bond acceptors (Lipinski definition) is 5. The average Bonchev–Trinajstić information content (AvgIpc) is 2.40. The standard InChI is InChI=1S/C11H15NO2.C2H2O4/c1-12-8-10-5-3-4-9(6-10)7-11(13)14-2;3-1(4)2(5)6/h3-6,12H,7-8H2,1-2H3;(H,3,4)(H,5,6). The molecule has 0 amide bonds. The van der Waals surface area contributed by atoms with Crippen LogP contribution in [-0.2, 0) is 32.1 Å². The predicted molar refractivity (Wildman–Crippen MR) is 70.2 cm³/mol. The Bertz CT molecular complexity index is 460. The van der Waals surface area contributed by atoms with Crippen molar-refractivity contribution in [3.63, 3.8) is 0 Å². The molecule has 7 nitrogen and oxygen atoms in total. The van der Waals surface area contributed by atoms with Crippen molar-refractivity contribution in [3.05, 3.63) is 35.4 Å². The highest BCUT2D eigenvalue weighted by Gasteiger charge is 2.04. The molecule has 0 saturated heterocycles. The van der Waals surface area contributed by atoms with Crippen molar-refractivity contribution < 1.29 is 29.3 Å². The van der Waals surface area contributed by atoms with Gasteiger partial charge in [-0.15, -0.1) is 0 Å². The fourth-order valence-corrected chi connectivity index (χ4v) is 1.29. The number of carboxylic acids is 2. The second-order valence-corrected chi connectivity index (χ2v) is 3.71. The zero-order chi connectivity index (χ0) is 15.5. The summed E-state index contributed by atoms with van der Waals surface area (Å²) in [5.74, 6) is -3.85. The van der Waals surface area contributed by atoms with Crippen molar-refractivity contribution in [3.8, 4) is 0 Å². The fraction of sp³-hybridized carbons (Fsp3) is 0.308. The van der Waals surface area contributed by atoms with Crippen LogP contribution in [0, 0.1) is 0 Å². The maximum atomic E-state index is 11.0. The molecule has 7 heteroatoms. The van der Waals surface area contributed by atoms with E-state index in [0.29, 0.717) is 6.42 Å². The number of carbonyl (C=O) groups is 3. The minimum Gasteiger partial charge on any atom is -0.473 e. The third-order valence-electron chi connectivity index (χ3n) is 2.13. The Morgan fingerprint density at radius 1 is 1.15 bits per heavy atom. The van der Waals surface area contributed by atoms with E-state index in [0.717, 1.165) is 12.1 Å². The van der Waals surface area contributed by atoms with Crippen LogP contribution in [0.3, 0.4) is 0 Å². The summed E-state index contributed by atoms with van der Waals surface area (Å²) in [6.45, 7) is 0.814. The summed E-state index contributed by atoms with van der Waals surface area (Å²) in [5, 5.41) is 17.8. The van der Waals surface area contributed by atoms with E-state index in [1.165, 1.54) is 12.7 Å². The van der Waals surface area contributed by atoms with Gasteiger partial charge in [-0.1, -0.05) is 24.3 Å². The van der Waals surface area contributed by atoms with Gasteiger partial charge in [0.25, 0.3) is 0 Å². The molecule has 0 aromatic heterocycles. The van der Waals surface area contributed by atoms with Gasteiger partial charge in [0.2, 0.25) is 0 Å². The first-order chi connectivity index (χ1) is 9.40. The molecule has 0 saturated carbocycles. The largest absolute Gasteiger partial charge is 0.473 e. The van der Waals surface area contributed by atoms with Crippen molar-refractivity contribution in [2.45, 2.75) is 13.0 Å². The number of benzene rings is 1. The van der Waals surface area contributed by atoms with E-state index in [4.69, 9.17) is 19.8 Å². The lowest BCUT2D eigenvalue weighted by Gasteiger charge is -2.03. The second kappa shape index (κ2) is 9.51. The van der Waals surface area contributed by atoms with Crippen molar-refractivity contribution in [1.29, 1.82) is 0 Å². The van der Waals surface area contributed by atoms with Gasteiger partial charge in [0.1, 0.15) is 0 Å². The molecule has 0 unspecified atom stereocenters. The number of ether oxygens (including phenoxy) is 1. The minimum absolute atomic E-state index is 0.202. The molecular formula is C13H17NO6. The summed E-state index contributed by atoms with van der Waals surface area (Å²) in [4.78, 5) is 29.2. The summed E-state index contributed by atoms with van der Waals surface area (Å²) >= 11 is 0. The van der Waals surface area contributed by atoms with Crippen LogP contribution in [0.1, 0.15) is 11.1 Å². The molecule has 1 aromatic carbocycles. The van der Waals surface area contributed by atoms with Crippen LogP contribution in [0.4, 0.5) is 0 Å². The number of carbonyl (C=O) groups excluding carboxylic acids is 1. The third-order valence-corrected chi connectivity index (χ3v) is 2.13. The lowest BCUT2D eigenvalue weighted by Crippen LogP contribution is -2.09. The topological polar surface area (TPSA) is 113 Å². The van der Waals surface area contributed by atoms with Crippen LogP contribution in [0.25, 0.3) is 0 Å². The summed E-state index contributed by atoms with van der Waals surface area (Å²) in [6, 6.07) is 7.91. The Morgan fingerprint density at radius 2 is 1.70 bits per heavy atom. The van der Waals surface area contributed by atoms with E-state index in [9.17, 15) is 4.79 Å². The van der Waals surface area contributed by atoms with Crippen molar-refractivity contribution in [2.24, 2.45) is 0 Å². The fourth-order valence-electron chi connectivity index (χ4n) is 1.29. The summed E-state index contributed by atoms with van der Waals surface area (Å²) < 4.78 is 4.60. The van der Waals surface area contributed by atoms with Crippen LogP contribution >= 0.6 is 0 Å². The van der Waals surface area contributed by atoms with Gasteiger partial charge < -0.3 is 20.3 Å². The lowest BCUT2D eigenvalue weighted by molar-refractivity contribution is -0.159. The van der Waals surface area contributed by atoms with Crippen LogP contribution in [0.2, 0.25) is 0 Å². The predicted octanol–water partition coefficient (Wildman–Crippen LogP) is 0.277. The Labute approximate surface area is 116 Å². The molecule has 1 aromatic rings. The summed E-state index contributed by atoms with van der Waals surface area (Å²) in [5.41, 5.74) is 2.17. The molecule has 1 rings (SSSR count). The first-order valence-corrected chi connectivity index (χ1v) is 5.66. The first kappa shape index (κ1) is 17.6. The SMILES string of the molecule is CNCc1cccc(CC(=O)OC)c1.O=C(O)C(=O)O. The normalized spacial score (nSPS) is 9.10. The summed E-state index contributed by atoms with van der Waals surface area (Å²) in [7, 11) is 3.30. The number of hydrogen-bond donors (Lipinski definition) is 3. The average molecular weight is 283 g/mol. The minimum atomic E-state index is -1.82. The highest BCUT2D eigenvalue weighted by Crippen LogP contribution is 2.06. The van der Waals surface area contributed by atoms with Crippen LogP contribution < -0.4 is 5.32 Å². The number of rotatable bonds is 4. The van der Waals surface area contributed by atoms with Crippen LogP contribution in [0.15, 0.2) is 24.3 Å². The molecule has 0 spiro atoms. The molecule has 0 heterocycles. The quantitative estimate of drug-likeness (QED) is 0.537. The molecule has 0 radical (unpaired) electrons. The lowest BCUT2D eigenvalue weighted by atomic mass is 10.1. The maximum absolute atomic E-state index is 11.0. The zero-order valence-electron chi connectivity index (χ0n) is 11.3. The van der Waals surface area contributed by atoms with Crippen molar-refractivity contribution in [2.75, 3.05) is 14.2 Å². The number of esters is 1. The molecule has 0 aliphatic heterocycles. The van der Waals surface area contributed by atoms with Gasteiger partial charge >= 0.3 is 17.9 Å². The molecule has 20 heavy (non-hydrogen) atoms. The second-order valence-electron chi connectivity index (χ2n) is 3.71. The molecular weight excluding hydrogens is 266 g/mol. The smallest absolute Gasteiger partial charge is 0.414 e. The molecule has 0 bridgehead atoms. The van der Waals surface area contributed by atoms with E-state index in [1.54, 1.807) is 0 Å². The Kier molecular flexibility index (Phi) is 8.36. The number of aliphatic carboxylic acids is 2. The number of nitrogens with one attached hydrogen (secondary N) is 1.